The van der Waals surface area contributed by atoms with Crippen LogP contribution in [-0.4, -0.2) is 24.1 Å². The smallest absolute Gasteiger partial charge is 0.333 e. The maximum atomic E-state index is 13.9. The summed E-state index contributed by atoms with van der Waals surface area (Å²) in [4.78, 5) is 24.1. The van der Waals surface area contributed by atoms with Gasteiger partial charge in [-0.1, -0.05) is 25.1 Å². The molecule has 1 N–H and O–H groups in total. The van der Waals surface area contributed by atoms with Crippen molar-refractivity contribution in [3.63, 3.8) is 0 Å². The van der Waals surface area contributed by atoms with E-state index in [0.29, 0.717) is 11.8 Å². The number of nitrogens with one attached hydrogen (secondary N) is 1. The maximum Gasteiger partial charge on any atom is 0.333 e. The molecule has 0 aliphatic rings. The minimum Gasteiger partial charge on any atom is -0.467 e. The van der Waals surface area contributed by atoms with Crippen LogP contribution in [0, 0.1) is 11.6 Å². The van der Waals surface area contributed by atoms with Gasteiger partial charge in [0.2, 0.25) is 5.76 Å². The van der Waals surface area contributed by atoms with E-state index in [4.69, 9.17) is 4.52 Å². The molecular formula is C16H16F2N2O4. The molecule has 1 aromatic heterocycles. The zero-order chi connectivity index (χ0) is 17.9. The fourth-order valence-corrected chi connectivity index (χ4v) is 1.99. The van der Waals surface area contributed by atoms with E-state index >= 15 is 0 Å². The number of esters is 1. The van der Waals surface area contributed by atoms with Gasteiger partial charge in [-0.15, -0.1) is 0 Å². The summed E-state index contributed by atoms with van der Waals surface area (Å²) < 4.78 is 36.4. The van der Waals surface area contributed by atoms with Gasteiger partial charge >= 0.3 is 5.97 Å². The van der Waals surface area contributed by atoms with Gasteiger partial charge in [-0.05, 0) is 12.0 Å². The molecule has 0 aliphatic carbocycles. The fourth-order valence-electron chi connectivity index (χ4n) is 1.99. The molecular weight excluding hydrogens is 322 g/mol. The number of rotatable bonds is 5. The summed E-state index contributed by atoms with van der Waals surface area (Å²) in [6.45, 7) is 3.73. The third-order valence-corrected chi connectivity index (χ3v) is 3.33. The van der Waals surface area contributed by atoms with E-state index in [1.165, 1.54) is 6.07 Å². The topological polar surface area (TPSA) is 81.4 Å². The van der Waals surface area contributed by atoms with E-state index in [9.17, 15) is 18.4 Å². The van der Waals surface area contributed by atoms with Gasteiger partial charge in [-0.25, -0.2) is 13.6 Å². The summed E-state index contributed by atoms with van der Waals surface area (Å²) >= 11 is 0. The first kappa shape index (κ1) is 17.6. The van der Waals surface area contributed by atoms with Crippen molar-refractivity contribution in [1.82, 2.24) is 10.5 Å². The zero-order valence-corrected chi connectivity index (χ0v) is 13.3. The zero-order valence-electron chi connectivity index (χ0n) is 13.3. The average molecular weight is 338 g/mol. The Hall–Kier alpha value is -2.77. The molecule has 1 unspecified atom stereocenters. The fraction of sp³-hybridized carbons (Fsp3) is 0.312. The number of amides is 1. The van der Waals surface area contributed by atoms with Crippen LogP contribution in [0.3, 0.4) is 0 Å². The molecule has 0 radical (unpaired) electrons. The Morgan fingerprint density at radius 1 is 1.25 bits per heavy atom. The Morgan fingerprint density at radius 3 is 2.50 bits per heavy atom. The lowest BCUT2D eigenvalue weighted by Gasteiger charge is -2.16. The van der Waals surface area contributed by atoms with Crippen LogP contribution in [0.15, 0.2) is 28.8 Å². The number of hydrogen-bond donors (Lipinski definition) is 1. The van der Waals surface area contributed by atoms with Crippen LogP contribution in [0.25, 0.3) is 0 Å². The largest absolute Gasteiger partial charge is 0.467 e. The Kier molecular flexibility index (Phi) is 5.28. The first-order valence-corrected chi connectivity index (χ1v) is 7.13. The first-order chi connectivity index (χ1) is 11.3. The maximum absolute atomic E-state index is 13.9. The van der Waals surface area contributed by atoms with Crippen molar-refractivity contribution in [3.8, 4) is 0 Å². The summed E-state index contributed by atoms with van der Waals surface area (Å²) in [6.07, 6.45) is 0. The lowest BCUT2D eigenvalue weighted by Crippen LogP contribution is -2.35. The molecule has 0 fully saturated rings. The highest BCUT2D eigenvalue weighted by molar-refractivity contribution is 5.94. The normalized spacial score (nSPS) is 12.1. The van der Waals surface area contributed by atoms with E-state index < -0.39 is 29.6 Å². The van der Waals surface area contributed by atoms with Gasteiger partial charge in [0.15, 0.2) is 6.04 Å². The Bertz CT molecular complexity index is 758. The standard InChI is InChI=1S/C16H16F2N2O4/c1-8(2)12-7-13(24-20-12)15(21)19-14(16(22)23-3)10-5-4-9(17)6-11(10)18/h4-8,14H,1-3H3,(H,19,21). The second kappa shape index (κ2) is 7.20. The van der Waals surface area contributed by atoms with E-state index in [-0.39, 0.29) is 17.2 Å². The van der Waals surface area contributed by atoms with Crippen molar-refractivity contribution in [2.24, 2.45) is 0 Å². The van der Waals surface area contributed by atoms with Crippen LogP contribution in [0.2, 0.25) is 0 Å². The van der Waals surface area contributed by atoms with Crippen molar-refractivity contribution in [1.29, 1.82) is 0 Å². The van der Waals surface area contributed by atoms with Crippen molar-refractivity contribution >= 4 is 11.9 Å². The van der Waals surface area contributed by atoms with Gasteiger partial charge < -0.3 is 14.6 Å². The van der Waals surface area contributed by atoms with Crippen LogP contribution in [0.4, 0.5) is 8.78 Å². The Balaban J connectivity index is 2.28. The molecule has 0 aliphatic heterocycles. The van der Waals surface area contributed by atoms with Crippen LogP contribution < -0.4 is 5.32 Å². The van der Waals surface area contributed by atoms with Crippen LogP contribution in [0.1, 0.15) is 47.6 Å². The number of ether oxygens (including phenoxy) is 1. The third kappa shape index (κ3) is 3.76. The van der Waals surface area contributed by atoms with E-state index in [2.05, 4.69) is 15.2 Å². The number of hydrogen-bond acceptors (Lipinski definition) is 5. The predicted octanol–water partition coefficient (Wildman–Crippen LogP) is 2.72. The molecule has 0 saturated carbocycles. The number of aromatic nitrogens is 1. The molecule has 1 aromatic carbocycles. The van der Waals surface area contributed by atoms with Gasteiger partial charge in [-0.3, -0.25) is 4.79 Å². The second-order valence-electron chi connectivity index (χ2n) is 5.37. The van der Waals surface area contributed by atoms with Crippen LogP contribution in [-0.2, 0) is 9.53 Å². The molecule has 2 rings (SSSR count). The lowest BCUT2D eigenvalue weighted by atomic mass is 10.1. The molecule has 0 spiro atoms. The molecule has 1 heterocycles. The highest BCUT2D eigenvalue weighted by Gasteiger charge is 2.28. The monoisotopic (exact) mass is 338 g/mol. The molecule has 6 nitrogen and oxygen atoms in total. The van der Waals surface area contributed by atoms with Gasteiger partial charge in [-0.2, -0.15) is 0 Å². The molecule has 128 valence electrons. The molecule has 2 aromatic rings. The van der Waals surface area contributed by atoms with Crippen molar-refractivity contribution in [3.05, 3.63) is 52.9 Å². The number of halogens is 2. The average Bonchev–Trinajstić information content (AvgIpc) is 3.02. The molecule has 8 heteroatoms. The molecule has 0 bridgehead atoms. The minimum absolute atomic E-state index is 0.0428. The quantitative estimate of drug-likeness (QED) is 0.848. The first-order valence-electron chi connectivity index (χ1n) is 7.13. The summed E-state index contributed by atoms with van der Waals surface area (Å²) in [5.41, 5.74) is 0.336. The number of carbonyl (C=O) groups is 2. The van der Waals surface area contributed by atoms with Gasteiger partial charge in [0.05, 0.1) is 12.8 Å². The van der Waals surface area contributed by atoms with Crippen LogP contribution >= 0.6 is 0 Å². The van der Waals surface area contributed by atoms with E-state index in [1.807, 2.05) is 13.8 Å². The lowest BCUT2D eigenvalue weighted by molar-refractivity contribution is -0.143. The van der Waals surface area contributed by atoms with E-state index in [0.717, 1.165) is 19.2 Å². The van der Waals surface area contributed by atoms with Crippen molar-refractivity contribution < 1.29 is 27.6 Å². The Morgan fingerprint density at radius 2 is 1.96 bits per heavy atom. The molecule has 1 atom stereocenters. The number of methoxy groups -OCH3 is 1. The SMILES string of the molecule is COC(=O)C(NC(=O)c1cc(C(C)C)no1)c1ccc(F)cc1F. The number of benzene rings is 1. The number of carbonyl (C=O) groups excluding carboxylic acids is 2. The highest BCUT2D eigenvalue weighted by atomic mass is 19.1. The second-order valence-corrected chi connectivity index (χ2v) is 5.37. The summed E-state index contributed by atoms with van der Waals surface area (Å²) in [7, 11) is 1.09. The summed E-state index contributed by atoms with van der Waals surface area (Å²) in [5.74, 6) is -3.54. The summed E-state index contributed by atoms with van der Waals surface area (Å²) in [5, 5.41) is 6.04. The summed E-state index contributed by atoms with van der Waals surface area (Å²) in [6, 6.07) is 2.63. The van der Waals surface area contributed by atoms with Gasteiger partial charge in [0.1, 0.15) is 11.6 Å². The van der Waals surface area contributed by atoms with Crippen molar-refractivity contribution in [2.75, 3.05) is 7.11 Å². The molecule has 1 amide bonds. The Labute approximate surface area is 136 Å². The van der Waals surface area contributed by atoms with Gasteiger partial charge in [0.25, 0.3) is 5.91 Å². The third-order valence-electron chi connectivity index (χ3n) is 3.33. The van der Waals surface area contributed by atoms with Crippen LogP contribution in [0.5, 0.6) is 0 Å². The van der Waals surface area contributed by atoms with E-state index in [1.54, 1.807) is 0 Å². The predicted molar refractivity (Wildman–Crippen MR) is 79.2 cm³/mol. The molecule has 24 heavy (non-hydrogen) atoms. The van der Waals surface area contributed by atoms with Crippen molar-refractivity contribution in [2.45, 2.75) is 25.8 Å². The number of nitrogens with zero attached hydrogens (tertiary/aromatic N) is 1. The highest BCUT2D eigenvalue weighted by Crippen LogP contribution is 2.21. The minimum atomic E-state index is -1.45. The van der Waals surface area contributed by atoms with Gasteiger partial charge in [0, 0.05) is 17.7 Å². The molecule has 0 saturated heterocycles.